The topological polar surface area (TPSA) is 65.0 Å². The minimum Gasteiger partial charge on any atom is -0.385 e. The summed E-state index contributed by atoms with van der Waals surface area (Å²) in [6.07, 6.45) is 8.21. The molecule has 7 nitrogen and oxygen atoms in total. The van der Waals surface area contributed by atoms with E-state index in [4.69, 9.17) is 9.73 Å². The first kappa shape index (κ1) is 26.1. The number of anilines is 1. The van der Waals surface area contributed by atoms with Crippen LogP contribution in [0.25, 0.3) is 0 Å². The number of ether oxygens (including phenoxy) is 1. The lowest BCUT2D eigenvalue weighted by Gasteiger charge is -2.34. The fourth-order valence-corrected chi connectivity index (χ4v) is 4.59. The van der Waals surface area contributed by atoms with E-state index in [0.717, 1.165) is 64.1 Å². The van der Waals surface area contributed by atoms with E-state index in [2.05, 4.69) is 45.5 Å². The number of likely N-dealkylation sites (N-methyl/N-ethyl adjacent to an activating group) is 1. The van der Waals surface area contributed by atoms with E-state index in [-0.39, 0.29) is 24.0 Å². The Labute approximate surface area is 205 Å². The highest BCUT2D eigenvalue weighted by atomic mass is 127. The van der Waals surface area contributed by atoms with Gasteiger partial charge in [0.05, 0.1) is 6.54 Å². The van der Waals surface area contributed by atoms with Crippen molar-refractivity contribution in [2.24, 2.45) is 10.4 Å². The maximum Gasteiger partial charge on any atom is 0.191 e. The minimum atomic E-state index is 0. The number of hydrogen-bond acceptors (Lipinski definition) is 5. The van der Waals surface area contributed by atoms with E-state index in [9.17, 15) is 0 Å². The van der Waals surface area contributed by atoms with E-state index in [0.29, 0.717) is 12.0 Å². The summed E-state index contributed by atoms with van der Waals surface area (Å²) >= 11 is 0. The molecule has 0 aromatic carbocycles. The van der Waals surface area contributed by atoms with Crippen LogP contribution < -0.4 is 15.5 Å². The molecule has 0 atom stereocenters. The lowest BCUT2D eigenvalue weighted by molar-refractivity contribution is 0.138. The number of nitrogens with one attached hydrogen (secondary N) is 2. The van der Waals surface area contributed by atoms with Gasteiger partial charge in [0, 0.05) is 64.7 Å². The van der Waals surface area contributed by atoms with Crippen LogP contribution in [0.4, 0.5) is 5.82 Å². The van der Waals surface area contributed by atoms with Crippen molar-refractivity contribution in [3.05, 3.63) is 23.9 Å². The van der Waals surface area contributed by atoms with Gasteiger partial charge in [-0.1, -0.05) is 18.9 Å². The molecule has 2 fully saturated rings. The Morgan fingerprint density at radius 1 is 1.19 bits per heavy atom. The smallest absolute Gasteiger partial charge is 0.191 e. The van der Waals surface area contributed by atoms with Gasteiger partial charge in [-0.2, -0.15) is 0 Å². The summed E-state index contributed by atoms with van der Waals surface area (Å²) in [4.78, 5) is 14.4. The zero-order chi connectivity index (χ0) is 21.2. The number of aliphatic imine (C=N–C) groups is 1. The van der Waals surface area contributed by atoms with E-state index >= 15 is 0 Å². The van der Waals surface area contributed by atoms with Crippen LogP contribution >= 0.6 is 24.0 Å². The molecule has 2 aliphatic rings. The number of halogens is 1. The first-order valence-corrected chi connectivity index (χ1v) is 11.5. The predicted octanol–water partition coefficient (Wildman–Crippen LogP) is 3.10. The van der Waals surface area contributed by atoms with Crippen molar-refractivity contribution in [1.29, 1.82) is 0 Å². The van der Waals surface area contributed by atoms with Crippen LogP contribution in [0.15, 0.2) is 23.3 Å². The number of aromatic nitrogens is 1. The molecule has 3 rings (SSSR count). The molecule has 0 radical (unpaired) electrons. The second kappa shape index (κ2) is 13.4. The van der Waals surface area contributed by atoms with Gasteiger partial charge < -0.3 is 25.2 Å². The van der Waals surface area contributed by atoms with Crippen LogP contribution in [-0.2, 0) is 11.3 Å². The normalized spacial score (nSPS) is 19.2. The third-order valence-electron chi connectivity index (χ3n) is 6.55. The van der Waals surface area contributed by atoms with Gasteiger partial charge in [0.15, 0.2) is 5.96 Å². The van der Waals surface area contributed by atoms with Crippen molar-refractivity contribution in [1.82, 2.24) is 20.5 Å². The van der Waals surface area contributed by atoms with Crippen LogP contribution in [0.2, 0.25) is 0 Å². The minimum absolute atomic E-state index is 0. The average molecular weight is 545 g/mol. The second-order valence-corrected chi connectivity index (χ2v) is 8.78. The zero-order valence-electron chi connectivity index (χ0n) is 19.5. The van der Waals surface area contributed by atoms with Gasteiger partial charge in [0.2, 0.25) is 0 Å². The Kier molecular flexibility index (Phi) is 11.3. The number of guanidine groups is 1. The predicted molar refractivity (Wildman–Crippen MR) is 140 cm³/mol. The molecule has 0 unspecified atom stereocenters. The first-order chi connectivity index (χ1) is 14.7. The summed E-state index contributed by atoms with van der Waals surface area (Å²) in [5, 5.41) is 7.05. The molecule has 8 heteroatoms. The second-order valence-electron chi connectivity index (χ2n) is 8.78. The molecule has 1 aromatic heterocycles. The van der Waals surface area contributed by atoms with Gasteiger partial charge in [-0.15, -0.1) is 24.0 Å². The summed E-state index contributed by atoms with van der Waals surface area (Å²) in [5.74, 6) is 1.98. The molecule has 0 bridgehead atoms. The lowest BCUT2D eigenvalue weighted by atomic mass is 9.83. The Morgan fingerprint density at radius 2 is 1.94 bits per heavy atom. The third kappa shape index (κ3) is 7.75. The largest absolute Gasteiger partial charge is 0.385 e. The highest BCUT2D eigenvalue weighted by Gasteiger charge is 2.33. The van der Waals surface area contributed by atoms with Gasteiger partial charge in [-0.3, -0.25) is 0 Å². The van der Waals surface area contributed by atoms with Crippen LogP contribution in [0, 0.1) is 5.41 Å². The molecule has 1 saturated heterocycles. The molecule has 176 valence electrons. The SMILES string of the molecule is CCNC(=NCc1cccnc1N1CCN(C)CC1)NCC1(CCOC)CCCC1.I. The van der Waals surface area contributed by atoms with E-state index in [1.165, 1.54) is 31.2 Å². The van der Waals surface area contributed by atoms with Gasteiger partial charge in [0.1, 0.15) is 5.82 Å². The number of rotatable bonds is 9. The van der Waals surface area contributed by atoms with Crippen molar-refractivity contribution in [2.75, 3.05) is 64.9 Å². The van der Waals surface area contributed by atoms with E-state index in [1.807, 2.05) is 12.3 Å². The highest BCUT2D eigenvalue weighted by molar-refractivity contribution is 14.0. The highest BCUT2D eigenvalue weighted by Crippen LogP contribution is 2.40. The number of hydrogen-bond donors (Lipinski definition) is 2. The summed E-state index contributed by atoms with van der Waals surface area (Å²) in [7, 11) is 3.98. The van der Waals surface area contributed by atoms with Gasteiger partial charge in [-0.25, -0.2) is 9.98 Å². The summed E-state index contributed by atoms with van der Waals surface area (Å²) in [5.41, 5.74) is 1.53. The number of methoxy groups -OCH3 is 1. The number of nitrogens with zero attached hydrogens (tertiary/aromatic N) is 4. The van der Waals surface area contributed by atoms with Crippen molar-refractivity contribution >= 4 is 35.8 Å². The van der Waals surface area contributed by atoms with Gasteiger partial charge in [0.25, 0.3) is 0 Å². The molecule has 2 heterocycles. The lowest BCUT2D eigenvalue weighted by Crippen LogP contribution is -2.45. The standard InChI is InChI=1S/C23H40N6O.HI/c1-4-24-22(27-19-23(11-17-30-3)9-5-6-10-23)26-18-20-8-7-12-25-21(20)29-15-13-28(2)14-16-29;/h7-8,12H,4-6,9-11,13-19H2,1-3H3,(H2,24,26,27);1H. The monoisotopic (exact) mass is 544 g/mol. The zero-order valence-corrected chi connectivity index (χ0v) is 21.9. The van der Waals surface area contributed by atoms with Crippen molar-refractivity contribution in [2.45, 2.75) is 45.6 Å². The number of pyridine rings is 1. The molecule has 1 aliphatic carbocycles. The van der Waals surface area contributed by atoms with Crippen LogP contribution in [0.5, 0.6) is 0 Å². The fourth-order valence-electron chi connectivity index (χ4n) is 4.59. The van der Waals surface area contributed by atoms with Crippen molar-refractivity contribution < 1.29 is 4.74 Å². The third-order valence-corrected chi connectivity index (χ3v) is 6.55. The van der Waals surface area contributed by atoms with Gasteiger partial charge >= 0.3 is 0 Å². The summed E-state index contributed by atoms with van der Waals surface area (Å²) in [6.45, 7) is 9.59. The van der Waals surface area contributed by atoms with Crippen LogP contribution in [0.1, 0.15) is 44.6 Å². The van der Waals surface area contributed by atoms with Crippen LogP contribution in [-0.4, -0.2) is 75.9 Å². The maximum absolute atomic E-state index is 5.38. The van der Waals surface area contributed by atoms with E-state index < -0.39 is 0 Å². The average Bonchev–Trinajstić information content (AvgIpc) is 3.24. The molecule has 0 spiro atoms. The molecule has 1 aromatic rings. The Morgan fingerprint density at radius 3 is 2.61 bits per heavy atom. The molecular weight excluding hydrogens is 503 g/mol. The summed E-state index contributed by atoms with van der Waals surface area (Å²) in [6, 6.07) is 4.17. The van der Waals surface area contributed by atoms with Crippen molar-refractivity contribution in [3.8, 4) is 0 Å². The molecule has 1 saturated carbocycles. The molecule has 1 aliphatic heterocycles. The fraction of sp³-hybridized carbons (Fsp3) is 0.739. The first-order valence-electron chi connectivity index (χ1n) is 11.5. The van der Waals surface area contributed by atoms with Gasteiger partial charge in [-0.05, 0) is 44.7 Å². The molecule has 0 amide bonds. The van der Waals surface area contributed by atoms with Crippen molar-refractivity contribution in [3.63, 3.8) is 0 Å². The number of piperazine rings is 1. The Balaban J connectivity index is 0.00000341. The van der Waals surface area contributed by atoms with Crippen LogP contribution in [0.3, 0.4) is 0 Å². The van der Waals surface area contributed by atoms with E-state index in [1.54, 1.807) is 7.11 Å². The molecule has 31 heavy (non-hydrogen) atoms. The molecular formula is C23H41IN6O. The molecule has 2 N–H and O–H groups in total. The Hall–Kier alpha value is -1.13. The Bertz CT molecular complexity index is 672. The quantitative estimate of drug-likeness (QED) is 0.283. The maximum atomic E-state index is 5.38. The summed E-state index contributed by atoms with van der Waals surface area (Å²) < 4.78 is 5.38.